The van der Waals surface area contributed by atoms with Crippen LogP contribution >= 0.6 is 11.3 Å². The number of aromatic nitrogens is 4. The van der Waals surface area contributed by atoms with Gasteiger partial charge in [-0.3, -0.25) is 0 Å². The van der Waals surface area contributed by atoms with Crippen molar-refractivity contribution in [2.45, 2.75) is 19.9 Å². The van der Waals surface area contributed by atoms with Crippen LogP contribution in [0.1, 0.15) is 18.6 Å². The molecule has 0 aromatic carbocycles. The van der Waals surface area contributed by atoms with Gasteiger partial charge in [-0.05, 0) is 11.4 Å². The monoisotopic (exact) mass is 274 g/mol. The van der Waals surface area contributed by atoms with E-state index >= 15 is 0 Å². The summed E-state index contributed by atoms with van der Waals surface area (Å²) in [5.41, 5.74) is 2.64. The van der Waals surface area contributed by atoms with Crippen LogP contribution in [0.25, 0.3) is 10.2 Å². The van der Waals surface area contributed by atoms with Gasteiger partial charge in [0.05, 0.1) is 11.9 Å². The third kappa shape index (κ3) is 2.18. The van der Waals surface area contributed by atoms with E-state index < -0.39 is 0 Å². The zero-order valence-electron chi connectivity index (χ0n) is 10.5. The molecule has 0 atom stereocenters. The maximum atomic E-state index is 5.52. The van der Waals surface area contributed by atoms with E-state index in [0.717, 1.165) is 28.3 Å². The van der Waals surface area contributed by atoms with Crippen LogP contribution in [0.4, 0.5) is 5.82 Å². The Balaban J connectivity index is 2.01. The van der Waals surface area contributed by atoms with Crippen LogP contribution in [0.15, 0.2) is 23.8 Å². The largest absolute Gasteiger partial charge is 0.327 e. The zero-order chi connectivity index (χ0) is 13.2. The molecule has 0 aliphatic rings. The molecule has 0 unspecified atom stereocenters. The molecule has 3 aromatic rings. The molecule has 3 heterocycles. The van der Waals surface area contributed by atoms with E-state index in [1.54, 1.807) is 17.5 Å². The summed E-state index contributed by atoms with van der Waals surface area (Å²) in [7, 11) is 0. The minimum atomic E-state index is 0.603. The molecule has 0 saturated heterocycles. The van der Waals surface area contributed by atoms with Gasteiger partial charge in [0, 0.05) is 18.8 Å². The number of thiophene rings is 1. The van der Waals surface area contributed by atoms with E-state index in [-0.39, 0.29) is 0 Å². The Kier molecular flexibility index (Phi) is 3.14. The first-order valence-corrected chi connectivity index (χ1v) is 6.90. The smallest absolute Gasteiger partial charge is 0.152 e. The van der Waals surface area contributed by atoms with E-state index in [9.17, 15) is 0 Å². The number of anilines is 1. The number of aryl methyl sites for hydroxylation is 1. The summed E-state index contributed by atoms with van der Waals surface area (Å²) in [4.78, 5) is 14.2. The average molecular weight is 274 g/mol. The minimum absolute atomic E-state index is 0.603. The first-order valence-electron chi connectivity index (χ1n) is 6.02. The van der Waals surface area contributed by atoms with Crippen molar-refractivity contribution in [2.24, 2.45) is 5.84 Å². The second-order valence-corrected chi connectivity index (χ2v) is 4.99. The average Bonchev–Trinajstić information content (AvgIpc) is 3.06. The second kappa shape index (κ2) is 4.94. The van der Waals surface area contributed by atoms with Crippen LogP contribution in [0.2, 0.25) is 0 Å². The maximum Gasteiger partial charge on any atom is 0.152 e. The summed E-state index contributed by atoms with van der Waals surface area (Å²) < 4.78 is 2.05. The Morgan fingerprint density at radius 1 is 1.42 bits per heavy atom. The normalized spacial score (nSPS) is 11.1. The summed E-state index contributed by atoms with van der Waals surface area (Å²) in [6.45, 7) is 2.68. The van der Waals surface area contributed by atoms with Crippen molar-refractivity contribution in [3.8, 4) is 0 Å². The number of nitrogens with two attached hydrogens (primary N) is 1. The van der Waals surface area contributed by atoms with Crippen molar-refractivity contribution in [3.63, 3.8) is 0 Å². The summed E-state index contributed by atoms with van der Waals surface area (Å²) >= 11 is 1.58. The quantitative estimate of drug-likeness (QED) is 0.560. The second-order valence-electron chi connectivity index (χ2n) is 4.10. The topological polar surface area (TPSA) is 81.7 Å². The highest BCUT2D eigenvalue weighted by Crippen LogP contribution is 2.24. The van der Waals surface area contributed by atoms with Gasteiger partial charge in [0.1, 0.15) is 10.7 Å². The van der Waals surface area contributed by atoms with Crippen molar-refractivity contribution in [3.05, 3.63) is 35.5 Å². The molecule has 0 bridgehead atoms. The van der Waals surface area contributed by atoms with Crippen molar-refractivity contribution in [2.75, 3.05) is 5.43 Å². The lowest BCUT2D eigenvalue weighted by molar-refractivity contribution is 0.701. The van der Waals surface area contributed by atoms with E-state index in [1.165, 1.54) is 0 Å². The Bertz CT molecular complexity index is 701. The van der Waals surface area contributed by atoms with E-state index in [1.807, 2.05) is 17.6 Å². The van der Waals surface area contributed by atoms with Crippen LogP contribution < -0.4 is 11.3 Å². The van der Waals surface area contributed by atoms with Gasteiger partial charge in [0.15, 0.2) is 11.6 Å². The number of nitrogen functional groups attached to an aromatic ring is 1. The molecule has 6 nitrogen and oxygen atoms in total. The van der Waals surface area contributed by atoms with Gasteiger partial charge >= 0.3 is 0 Å². The molecule has 0 saturated carbocycles. The predicted molar refractivity (Wildman–Crippen MR) is 75.9 cm³/mol. The van der Waals surface area contributed by atoms with Crippen molar-refractivity contribution in [1.82, 2.24) is 19.5 Å². The fourth-order valence-electron chi connectivity index (χ4n) is 2.03. The van der Waals surface area contributed by atoms with Crippen molar-refractivity contribution >= 4 is 27.4 Å². The fourth-order valence-corrected chi connectivity index (χ4v) is 2.81. The molecule has 98 valence electrons. The molecule has 0 aliphatic heterocycles. The lowest BCUT2D eigenvalue weighted by Gasteiger charge is -2.07. The molecule has 3 rings (SSSR count). The van der Waals surface area contributed by atoms with Gasteiger partial charge in [-0.2, -0.15) is 0 Å². The van der Waals surface area contributed by atoms with Gasteiger partial charge in [-0.25, -0.2) is 20.8 Å². The Hall–Kier alpha value is -1.99. The van der Waals surface area contributed by atoms with E-state index in [0.29, 0.717) is 12.4 Å². The Morgan fingerprint density at radius 3 is 3.11 bits per heavy atom. The summed E-state index contributed by atoms with van der Waals surface area (Å²) in [5, 5.41) is 2.94. The molecule has 19 heavy (non-hydrogen) atoms. The zero-order valence-corrected chi connectivity index (χ0v) is 11.3. The van der Waals surface area contributed by atoms with E-state index in [4.69, 9.17) is 5.84 Å². The first kappa shape index (κ1) is 12.1. The van der Waals surface area contributed by atoms with Crippen LogP contribution in [0, 0.1) is 0 Å². The molecular formula is C12H14N6S. The molecule has 0 fully saturated rings. The van der Waals surface area contributed by atoms with Gasteiger partial charge < -0.3 is 9.99 Å². The van der Waals surface area contributed by atoms with Crippen molar-refractivity contribution in [1.29, 1.82) is 0 Å². The van der Waals surface area contributed by atoms with Crippen LogP contribution in [0.5, 0.6) is 0 Å². The lowest BCUT2D eigenvalue weighted by atomic mass is 10.3. The van der Waals surface area contributed by atoms with Crippen LogP contribution in [-0.2, 0) is 13.0 Å². The van der Waals surface area contributed by atoms with Gasteiger partial charge in [0.25, 0.3) is 0 Å². The predicted octanol–water partition coefficient (Wildman–Crippen LogP) is 1.78. The third-order valence-corrected chi connectivity index (χ3v) is 3.74. The SMILES string of the molecule is CCc1nccn1Cc1nc(NN)c2ccsc2n1. The Labute approximate surface area is 114 Å². The molecule has 0 aliphatic carbocycles. The summed E-state index contributed by atoms with van der Waals surface area (Å²) in [6, 6.07) is 1.97. The first-order chi connectivity index (χ1) is 9.31. The highest BCUT2D eigenvalue weighted by molar-refractivity contribution is 7.16. The number of hydrazine groups is 1. The molecule has 0 radical (unpaired) electrons. The van der Waals surface area contributed by atoms with Gasteiger partial charge in [-0.1, -0.05) is 6.92 Å². The minimum Gasteiger partial charge on any atom is -0.327 e. The van der Waals surface area contributed by atoms with Crippen LogP contribution in [-0.4, -0.2) is 19.5 Å². The number of nitrogens with zero attached hydrogens (tertiary/aromatic N) is 4. The lowest BCUT2D eigenvalue weighted by Crippen LogP contribution is -2.12. The van der Waals surface area contributed by atoms with Gasteiger partial charge in [0.2, 0.25) is 0 Å². The number of imidazole rings is 1. The third-order valence-electron chi connectivity index (χ3n) is 2.94. The van der Waals surface area contributed by atoms with Gasteiger partial charge in [-0.15, -0.1) is 11.3 Å². The number of fused-ring (bicyclic) bond motifs is 1. The standard InChI is InChI=1S/C12H14N6S/c1-2-10-14-4-5-18(10)7-9-15-11(17-13)8-3-6-19-12(8)16-9/h3-6H,2,7,13H2,1H3,(H,15,16,17). The number of rotatable bonds is 4. The highest BCUT2D eigenvalue weighted by atomic mass is 32.1. The Morgan fingerprint density at radius 2 is 2.32 bits per heavy atom. The maximum absolute atomic E-state index is 5.52. The number of hydrogen-bond donors (Lipinski definition) is 2. The van der Waals surface area contributed by atoms with Crippen molar-refractivity contribution < 1.29 is 0 Å². The molecule has 0 amide bonds. The number of nitrogens with one attached hydrogen (secondary N) is 1. The molecule has 3 N–H and O–H groups in total. The highest BCUT2D eigenvalue weighted by Gasteiger charge is 2.09. The number of hydrogen-bond acceptors (Lipinski definition) is 6. The fraction of sp³-hybridized carbons (Fsp3) is 0.250. The summed E-state index contributed by atoms with van der Waals surface area (Å²) in [6.07, 6.45) is 4.62. The van der Waals surface area contributed by atoms with Crippen LogP contribution in [0.3, 0.4) is 0 Å². The molecular weight excluding hydrogens is 260 g/mol. The molecule has 3 aromatic heterocycles. The summed E-state index contributed by atoms with van der Waals surface area (Å²) in [5.74, 6) is 7.94. The molecule has 7 heteroatoms. The molecule has 0 spiro atoms. The van der Waals surface area contributed by atoms with E-state index in [2.05, 4.69) is 31.9 Å².